The molecule has 1 aliphatic rings. The van der Waals surface area contributed by atoms with Gasteiger partial charge in [0.2, 0.25) is 5.95 Å². The summed E-state index contributed by atoms with van der Waals surface area (Å²) in [6, 6.07) is 4.04. The molecule has 1 aromatic carbocycles. The summed E-state index contributed by atoms with van der Waals surface area (Å²) in [6.45, 7) is 7.30. The third-order valence-corrected chi connectivity index (χ3v) is 4.39. The number of nitrogens with one attached hydrogen (secondary N) is 1. The van der Waals surface area contributed by atoms with Crippen molar-refractivity contribution in [2.75, 3.05) is 25.7 Å². The molecule has 3 rings (SSSR count). The summed E-state index contributed by atoms with van der Waals surface area (Å²) >= 11 is 0. The zero-order valence-electron chi connectivity index (χ0n) is 16.5. The van der Waals surface area contributed by atoms with Crippen LogP contribution in [-0.4, -0.2) is 42.2 Å². The lowest BCUT2D eigenvalue weighted by atomic mass is 9.99. The fourth-order valence-electron chi connectivity index (χ4n) is 3.07. The van der Waals surface area contributed by atoms with Crippen LogP contribution >= 0.6 is 0 Å². The van der Waals surface area contributed by atoms with Gasteiger partial charge in [-0.15, -0.1) is 0 Å². The van der Waals surface area contributed by atoms with Crippen molar-refractivity contribution in [3.8, 4) is 11.5 Å². The topological polar surface area (TPSA) is 76.6 Å². The van der Waals surface area contributed by atoms with Crippen molar-refractivity contribution < 1.29 is 14.3 Å². The van der Waals surface area contributed by atoms with Crippen LogP contribution in [0.4, 0.5) is 5.95 Å². The molecule has 0 saturated carbocycles. The molecule has 1 aliphatic heterocycles. The average molecular weight is 370 g/mol. The fraction of sp³-hybridized carbons (Fsp3) is 0.450. The number of carbonyl (C=O) groups excluding carboxylic acids is 1. The number of aromatic nitrogens is 2. The van der Waals surface area contributed by atoms with E-state index in [-0.39, 0.29) is 11.4 Å². The van der Waals surface area contributed by atoms with Gasteiger partial charge in [0.15, 0.2) is 11.5 Å². The molecular formula is C20H26N4O3. The number of amides is 1. The minimum atomic E-state index is -0.299. The lowest BCUT2D eigenvalue weighted by Gasteiger charge is -2.29. The number of rotatable bonds is 4. The molecular weight excluding hydrogens is 344 g/mol. The Bertz CT molecular complexity index is 828. The van der Waals surface area contributed by atoms with Gasteiger partial charge < -0.3 is 19.7 Å². The van der Waals surface area contributed by atoms with Crippen molar-refractivity contribution in [2.24, 2.45) is 0 Å². The van der Waals surface area contributed by atoms with Crippen molar-refractivity contribution >= 4 is 11.9 Å². The van der Waals surface area contributed by atoms with Gasteiger partial charge in [0.05, 0.1) is 19.8 Å². The monoisotopic (exact) mass is 370 g/mol. The molecule has 0 saturated heterocycles. The first kappa shape index (κ1) is 18.9. The third kappa shape index (κ3) is 4.30. The van der Waals surface area contributed by atoms with E-state index in [0.29, 0.717) is 23.8 Å². The summed E-state index contributed by atoms with van der Waals surface area (Å²) in [5, 5.41) is 2.91. The van der Waals surface area contributed by atoms with E-state index in [1.165, 1.54) is 5.56 Å². The van der Waals surface area contributed by atoms with Gasteiger partial charge in [0.25, 0.3) is 5.91 Å². The summed E-state index contributed by atoms with van der Waals surface area (Å²) in [5.41, 5.74) is 2.56. The second-order valence-corrected chi connectivity index (χ2v) is 7.62. The van der Waals surface area contributed by atoms with Crippen LogP contribution in [0.2, 0.25) is 0 Å². The van der Waals surface area contributed by atoms with Gasteiger partial charge in [-0.25, -0.2) is 9.97 Å². The maximum absolute atomic E-state index is 12.2. The van der Waals surface area contributed by atoms with Gasteiger partial charge in [-0.3, -0.25) is 4.79 Å². The number of nitrogens with zero attached hydrogens (tertiary/aromatic N) is 3. The number of hydrogen-bond acceptors (Lipinski definition) is 6. The van der Waals surface area contributed by atoms with Crippen LogP contribution in [0.5, 0.6) is 11.5 Å². The molecule has 2 aromatic rings. The first-order chi connectivity index (χ1) is 12.8. The molecule has 1 amide bonds. The van der Waals surface area contributed by atoms with Crippen LogP contribution in [-0.2, 0) is 13.0 Å². The predicted molar refractivity (Wildman–Crippen MR) is 104 cm³/mol. The number of ether oxygens (including phenoxy) is 2. The van der Waals surface area contributed by atoms with E-state index in [1.807, 2.05) is 32.9 Å². The highest BCUT2D eigenvalue weighted by molar-refractivity contribution is 5.94. The number of benzene rings is 1. The zero-order chi connectivity index (χ0) is 19.6. The first-order valence-electron chi connectivity index (χ1n) is 8.94. The summed E-state index contributed by atoms with van der Waals surface area (Å²) in [5.74, 6) is 1.90. The maximum atomic E-state index is 12.2. The number of anilines is 1. The van der Waals surface area contributed by atoms with E-state index in [2.05, 4.69) is 20.2 Å². The SMILES string of the molecule is COc1cc2c(cc1OC)CN(c1ncc(C(=O)NC(C)(C)C)cn1)CC2. The summed E-state index contributed by atoms with van der Waals surface area (Å²) in [7, 11) is 3.28. The molecule has 1 N–H and O–H groups in total. The minimum absolute atomic E-state index is 0.171. The quantitative estimate of drug-likeness (QED) is 0.891. The Labute approximate surface area is 159 Å². The van der Waals surface area contributed by atoms with Gasteiger partial charge in [-0.1, -0.05) is 0 Å². The molecule has 0 aliphatic carbocycles. The largest absolute Gasteiger partial charge is 0.493 e. The fourth-order valence-corrected chi connectivity index (χ4v) is 3.07. The van der Waals surface area contributed by atoms with E-state index < -0.39 is 0 Å². The number of carbonyl (C=O) groups is 1. The van der Waals surface area contributed by atoms with Crippen LogP contribution in [0.1, 0.15) is 42.3 Å². The summed E-state index contributed by atoms with van der Waals surface area (Å²) < 4.78 is 10.8. The molecule has 0 spiro atoms. The maximum Gasteiger partial charge on any atom is 0.254 e. The zero-order valence-corrected chi connectivity index (χ0v) is 16.5. The molecule has 0 atom stereocenters. The van der Waals surface area contributed by atoms with Gasteiger partial charge in [0.1, 0.15) is 0 Å². The van der Waals surface area contributed by atoms with Gasteiger partial charge in [0, 0.05) is 31.0 Å². The molecule has 7 nitrogen and oxygen atoms in total. The molecule has 144 valence electrons. The lowest BCUT2D eigenvalue weighted by molar-refractivity contribution is 0.0919. The van der Waals surface area contributed by atoms with Gasteiger partial charge in [-0.05, 0) is 50.5 Å². The molecule has 2 heterocycles. The number of hydrogen-bond donors (Lipinski definition) is 1. The highest BCUT2D eigenvalue weighted by atomic mass is 16.5. The Morgan fingerprint density at radius 1 is 1.07 bits per heavy atom. The summed E-state index contributed by atoms with van der Waals surface area (Å²) in [4.78, 5) is 23.1. The molecule has 0 radical (unpaired) electrons. The van der Waals surface area contributed by atoms with Crippen molar-refractivity contribution in [3.63, 3.8) is 0 Å². The van der Waals surface area contributed by atoms with Gasteiger partial charge >= 0.3 is 0 Å². The van der Waals surface area contributed by atoms with Crippen LogP contribution in [0.3, 0.4) is 0 Å². The van der Waals surface area contributed by atoms with Crippen molar-refractivity contribution in [2.45, 2.75) is 39.3 Å². The minimum Gasteiger partial charge on any atom is -0.493 e. The highest BCUT2D eigenvalue weighted by Gasteiger charge is 2.22. The van der Waals surface area contributed by atoms with Crippen molar-refractivity contribution in [3.05, 3.63) is 41.2 Å². The second kappa shape index (κ2) is 7.42. The average Bonchev–Trinajstić information content (AvgIpc) is 2.65. The Morgan fingerprint density at radius 2 is 1.67 bits per heavy atom. The van der Waals surface area contributed by atoms with Crippen LogP contribution in [0.25, 0.3) is 0 Å². The highest BCUT2D eigenvalue weighted by Crippen LogP contribution is 2.33. The summed E-state index contributed by atoms with van der Waals surface area (Å²) in [6.07, 6.45) is 4.02. The van der Waals surface area contributed by atoms with Crippen LogP contribution in [0.15, 0.2) is 24.5 Å². The number of fused-ring (bicyclic) bond motifs is 1. The molecule has 0 bridgehead atoms. The normalized spacial score (nSPS) is 13.7. The van der Waals surface area contributed by atoms with Crippen LogP contribution in [0, 0.1) is 0 Å². The second-order valence-electron chi connectivity index (χ2n) is 7.62. The lowest BCUT2D eigenvalue weighted by Crippen LogP contribution is -2.40. The molecule has 0 unspecified atom stereocenters. The molecule has 7 heteroatoms. The molecule has 0 fully saturated rings. The van der Waals surface area contributed by atoms with Gasteiger partial charge in [-0.2, -0.15) is 0 Å². The Morgan fingerprint density at radius 3 is 2.22 bits per heavy atom. The smallest absolute Gasteiger partial charge is 0.254 e. The van der Waals surface area contributed by atoms with E-state index in [1.54, 1.807) is 26.6 Å². The molecule has 1 aromatic heterocycles. The van der Waals surface area contributed by atoms with E-state index >= 15 is 0 Å². The van der Waals surface area contributed by atoms with E-state index in [0.717, 1.165) is 24.3 Å². The van der Waals surface area contributed by atoms with E-state index in [9.17, 15) is 4.79 Å². The number of methoxy groups -OCH3 is 2. The van der Waals surface area contributed by atoms with Crippen molar-refractivity contribution in [1.82, 2.24) is 15.3 Å². The standard InChI is InChI=1S/C20H26N4O3/c1-20(2,3)23-18(25)15-10-21-19(22-11-15)24-7-6-13-8-16(26-4)17(27-5)9-14(13)12-24/h8-11H,6-7,12H2,1-5H3,(H,23,25). The predicted octanol–water partition coefficient (Wildman–Crippen LogP) is 2.58. The Kier molecular flexibility index (Phi) is 5.21. The molecule has 27 heavy (non-hydrogen) atoms. The Balaban J connectivity index is 1.76. The van der Waals surface area contributed by atoms with Crippen LogP contribution < -0.4 is 19.7 Å². The Hall–Kier alpha value is -2.83. The third-order valence-electron chi connectivity index (χ3n) is 4.39. The van der Waals surface area contributed by atoms with E-state index in [4.69, 9.17) is 9.47 Å². The first-order valence-corrected chi connectivity index (χ1v) is 8.94. The van der Waals surface area contributed by atoms with Crippen molar-refractivity contribution in [1.29, 1.82) is 0 Å².